The van der Waals surface area contributed by atoms with Crippen LogP contribution in [0.25, 0.3) is 0 Å². The van der Waals surface area contributed by atoms with E-state index in [1.54, 1.807) is 5.01 Å². The van der Waals surface area contributed by atoms with Crippen molar-refractivity contribution in [2.45, 2.75) is 5.16 Å². The molecule has 1 amide bonds. The Balaban J connectivity index is 1.95. The molecule has 25 heavy (non-hydrogen) atoms. The Morgan fingerprint density at radius 1 is 1.04 bits per heavy atom. The number of carbonyl (C=O) groups excluding carboxylic acids is 1. The quantitative estimate of drug-likeness (QED) is 0.411. The Morgan fingerprint density at radius 3 is 2.12 bits per heavy atom. The third-order valence-corrected chi connectivity index (χ3v) is 4.20. The molecule has 0 spiro atoms. The maximum absolute atomic E-state index is 12.8. The van der Waals surface area contributed by atoms with Gasteiger partial charge >= 0.3 is 0 Å². The van der Waals surface area contributed by atoms with Crippen LogP contribution in [0.2, 0.25) is 5.02 Å². The van der Waals surface area contributed by atoms with Crippen molar-refractivity contribution in [1.29, 1.82) is 0 Å². The lowest BCUT2D eigenvalue weighted by Crippen LogP contribution is -2.39. The molecular weight excluding hydrogens is 356 g/mol. The Bertz CT molecular complexity index is 822. The molecule has 0 saturated heterocycles. The van der Waals surface area contributed by atoms with E-state index in [2.05, 4.69) is 15.4 Å². The molecule has 7 heteroatoms. The van der Waals surface area contributed by atoms with E-state index in [-0.39, 0.29) is 10.7 Å². The van der Waals surface area contributed by atoms with Crippen molar-refractivity contribution in [3.05, 3.63) is 77.6 Å². The van der Waals surface area contributed by atoms with Gasteiger partial charge in [-0.05, 0) is 30.5 Å². The third kappa shape index (κ3) is 4.10. The predicted octanol–water partition coefficient (Wildman–Crippen LogP) is 4.34. The predicted molar refractivity (Wildman–Crippen MR) is 101 cm³/mol. The average Bonchev–Trinajstić information content (AvgIpc) is 2.67. The fourth-order valence-electron chi connectivity index (χ4n) is 2.20. The number of benzene rings is 2. The van der Waals surface area contributed by atoms with Crippen molar-refractivity contribution >= 4 is 40.6 Å². The van der Waals surface area contributed by atoms with Gasteiger partial charge in [0.15, 0.2) is 10.9 Å². The molecule has 126 valence electrons. The SMILES string of the molecule is CSc1ncc(Cl)c(C(=O)NN(c2ccccc2)c2ccccc2)n1. The number of rotatable bonds is 5. The molecule has 0 fully saturated rings. The van der Waals surface area contributed by atoms with E-state index in [9.17, 15) is 4.79 Å². The van der Waals surface area contributed by atoms with Gasteiger partial charge in [0.25, 0.3) is 5.91 Å². The molecule has 0 aliphatic heterocycles. The number of hydrogen-bond acceptors (Lipinski definition) is 5. The first kappa shape index (κ1) is 17.3. The second kappa shape index (κ2) is 8.00. The number of hydrazine groups is 1. The lowest BCUT2D eigenvalue weighted by molar-refractivity contribution is 0.0948. The highest BCUT2D eigenvalue weighted by Gasteiger charge is 2.18. The van der Waals surface area contributed by atoms with Crippen LogP contribution in [0.1, 0.15) is 10.5 Å². The zero-order valence-corrected chi connectivity index (χ0v) is 15.0. The number of amides is 1. The fourth-order valence-corrected chi connectivity index (χ4v) is 2.71. The third-order valence-electron chi connectivity index (χ3n) is 3.36. The minimum Gasteiger partial charge on any atom is -0.266 e. The Morgan fingerprint density at radius 2 is 1.60 bits per heavy atom. The molecular formula is C18H15ClN4OS. The fraction of sp³-hybridized carbons (Fsp3) is 0.0556. The van der Waals surface area contributed by atoms with E-state index >= 15 is 0 Å². The molecule has 0 radical (unpaired) electrons. The van der Waals surface area contributed by atoms with E-state index in [1.165, 1.54) is 18.0 Å². The van der Waals surface area contributed by atoms with E-state index < -0.39 is 5.91 Å². The van der Waals surface area contributed by atoms with Crippen LogP contribution in [0, 0.1) is 0 Å². The second-order valence-corrected chi connectivity index (χ2v) is 6.18. The first-order chi connectivity index (χ1) is 12.2. The Hall–Kier alpha value is -2.57. The summed E-state index contributed by atoms with van der Waals surface area (Å²) in [4.78, 5) is 21.0. The minimum atomic E-state index is -0.407. The van der Waals surface area contributed by atoms with Gasteiger partial charge in [-0.3, -0.25) is 15.2 Å². The summed E-state index contributed by atoms with van der Waals surface area (Å²) < 4.78 is 0. The number of halogens is 1. The van der Waals surface area contributed by atoms with Crippen LogP contribution in [0.15, 0.2) is 72.0 Å². The molecule has 0 aliphatic rings. The second-order valence-electron chi connectivity index (χ2n) is 5.00. The molecule has 3 aromatic rings. The standard InChI is InChI=1S/C18H15ClN4OS/c1-25-18-20-12-15(19)16(21-18)17(24)22-23(13-8-4-2-5-9-13)14-10-6-3-7-11-14/h2-12H,1H3,(H,22,24). The Labute approximate surface area is 155 Å². The van der Waals surface area contributed by atoms with Gasteiger partial charge in [-0.1, -0.05) is 59.8 Å². The summed E-state index contributed by atoms with van der Waals surface area (Å²) in [6.45, 7) is 0. The highest BCUT2D eigenvalue weighted by atomic mass is 35.5. The van der Waals surface area contributed by atoms with Crippen LogP contribution in [-0.4, -0.2) is 22.1 Å². The molecule has 5 nitrogen and oxygen atoms in total. The van der Waals surface area contributed by atoms with E-state index in [1.807, 2.05) is 66.9 Å². The molecule has 0 saturated carbocycles. The van der Waals surface area contributed by atoms with Crippen LogP contribution in [0.4, 0.5) is 11.4 Å². The summed E-state index contributed by atoms with van der Waals surface area (Å²) in [5.74, 6) is -0.407. The largest absolute Gasteiger partial charge is 0.290 e. The highest BCUT2D eigenvalue weighted by Crippen LogP contribution is 2.23. The molecule has 1 N–H and O–H groups in total. The number of carbonyl (C=O) groups is 1. The van der Waals surface area contributed by atoms with Gasteiger partial charge < -0.3 is 0 Å². The van der Waals surface area contributed by atoms with Crippen molar-refractivity contribution in [3.63, 3.8) is 0 Å². The van der Waals surface area contributed by atoms with Crippen LogP contribution in [0.5, 0.6) is 0 Å². The zero-order valence-electron chi connectivity index (χ0n) is 13.4. The number of thioether (sulfide) groups is 1. The van der Waals surface area contributed by atoms with Gasteiger partial charge in [-0.15, -0.1) is 0 Å². The topological polar surface area (TPSA) is 58.1 Å². The molecule has 0 bridgehead atoms. The van der Waals surface area contributed by atoms with Crippen molar-refractivity contribution in [1.82, 2.24) is 15.4 Å². The highest BCUT2D eigenvalue weighted by molar-refractivity contribution is 7.98. The number of nitrogens with zero attached hydrogens (tertiary/aromatic N) is 3. The summed E-state index contributed by atoms with van der Waals surface area (Å²) in [7, 11) is 0. The van der Waals surface area contributed by atoms with Gasteiger partial charge in [0, 0.05) is 0 Å². The summed E-state index contributed by atoms with van der Waals surface area (Å²) in [5.41, 5.74) is 4.64. The van der Waals surface area contributed by atoms with Gasteiger partial charge in [0.05, 0.1) is 22.6 Å². The normalized spacial score (nSPS) is 10.3. The molecule has 0 unspecified atom stereocenters. The van der Waals surface area contributed by atoms with Gasteiger partial charge in [-0.2, -0.15) is 0 Å². The number of aromatic nitrogens is 2. The van der Waals surface area contributed by atoms with Crippen LogP contribution >= 0.6 is 23.4 Å². The smallest absolute Gasteiger partial charge is 0.266 e. The molecule has 0 aliphatic carbocycles. The molecule has 1 heterocycles. The lowest BCUT2D eigenvalue weighted by atomic mass is 10.2. The molecule has 1 aromatic heterocycles. The van der Waals surface area contributed by atoms with E-state index in [4.69, 9.17) is 11.6 Å². The maximum atomic E-state index is 12.8. The van der Waals surface area contributed by atoms with E-state index in [0.29, 0.717) is 5.16 Å². The zero-order chi connectivity index (χ0) is 17.6. The molecule has 3 rings (SSSR count). The summed E-state index contributed by atoms with van der Waals surface area (Å²) in [5, 5.41) is 2.39. The number of nitrogens with one attached hydrogen (secondary N) is 1. The van der Waals surface area contributed by atoms with Gasteiger partial charge in [0.1, 0.15) is 0 Å². The maximum Gasteiger partial charge on any atom is 0.290 e. The minimum absolute atomic E-state index is 0.137. The van der Waals surface area contributed by atoms with Gasteiger partial charge in [-0.25, -0.2) is 9.97 Å². The Kier molecular flexibility index (Phi) is 5.53. The summed E-state index contributed by atoms with van der Waals surface area (Å²) in [6, 6.07) is 19.1. The summed E-state index contributed by atoms with van der Waals surface area (Å²) in [6.07, 6.45) is 3.27. The summed E-state index contributed by atoms with van der Waals surface area (Å²) >= 11 is 7.46. The number of anilines is 2. The van der Waals surface area contributed by atoms with Crippen molar-refractivity contribution in [2.24, 2.45) is 0 Å². The lowest BCUT2D eigenvalue weighted by Gasteiger charge is -2.25. The van der Waals surface area contributed by atoms with E-state index in [0.717, 1.165) is 11.4 Å². The van der Waals surface area contributed by atoms with Crippen LogP contribution in [-0.2, 0) is 0 Å². The first-order valence-corrected chi connectivity index (χ1v) is 9.07. The number of hydrogen-bond donors (Lipinski definition) is 1. The van der Waals surface area contributed by atoms with Crippen molar-refractivity contribution in [2.75, 3.05) is 11.3 Å². The average molecular weight is 371 g/mol. The number of para-hydroxylation sites is 2. The van der Waals surface area contributed by atoms with Crippen molar-refractivity contribution < 1.29 is 4.79 Å². The monoisotopic (exact) mass is 370 g/mol. The van der Waals surface area contributed by atoms with Crippen molar-refractivity contribution in [3.8, 4) is 0 Å². The van der Waals surface area contributed by atoms with Crippen LogP contribution < -0.4 is 10.4 Å². The molecule has 2 aromatic carbocycles. The van der Waals surface area contributed by atoms with Gasteiger partial charge in [0.2, 0.25) is 0 Å². The molecule has 0 atom stereocenters. The van der Waals surface area contributed by atoms with Crippen LogP contribution in [0.3, 0.4) is 0 Å². The first-order valence-electron chi connectivity index (χ1n) is 7.47.